The van der Waals surface area contributed by atoms with Gasteiger partial charge in [0, 0.05) is 24.7 Å². The van der Waals surface area contributed by atoms with Crippen LogP contribution in [0.15, 0.2) is 158 Å². The Bertz CT molecular complexity index is 1440. The van der Waals surface area contributed by atoms with Crippen molar-refractivity contribution in [2.45, 2.75) is 12.3 Å². The molecule has 0 unspecified atom stereocenters. The normalized spacial score (nSPS) is 11.2. The molecule has 0 fully saturated rings. The molecule has 0 bridgehead atoms. The maximum atomic E-state index is 4.75. The van der Waals surface area contributed by atoms with Crippen LogP contribution in [0.25, 0.3) is 11.4 Å². The molecule has 0 radical (unpaired) electrons. The van der Waals surface area contributed by atoms with E-state index in [4.69, 9.17) is 9.97 Å². The van der Waals surface area contributed by atoms with Crippen LogP contribution >= 0.6 is 15.8 Å². The molecule has 2 heterocycles. The standard InChI is InChI=1S/C36H30N2P2/c1-5-13-31(14-6-1)39(32-15-7-2-8-16-32)27-29-21-23-37-35(25-29)36-26-30(22-24-38-36)28-40(33-17-9-3-10-18-33)34-19-11-4-12-20-34/h1-26H,27-28H2. The van der Waals surface area contributed by atoms with Crippen LogP contribution in [-0.4, -0.2) is 9.97 Å². The highest BCUT2D eigenvalue weighted by Crippen LogP contribution is 2.39. The van der Waals surface area contributed by atoms with Crippen molar-refractivity contribution in [3.63, 3.8) is 0 Å². The van der Waals surface area contributed by atoms with Gasteiger partial charge in [-0.1, -0.05) is 121 Å². The van der Waals surface area contributed by atoms with Crippen molar-refractivity contribution < 1.29 is 0 Å². The van der Waals surface area contributed by atoms with Gasteiger partial charge in [0.25, 0.3) is 0 Å². The molecule has 0 aliphatic rings. The van der Waals surface area contributed by atoms with Crippen molar-refractivity contribution in [2.75, 3.05) is 0 Å². The van der Waals surface area contributed by atoms with E-state index >= 15 is 0 Å². The lowest BCUT2D eigenvalue weighted by Gasteiger charge is -2.20. The second kappa shape index (κ2) is 12.9. The van der Waals surface area contributed by atoms with Gasteiger partial charge in [0.1, 0.15) is 0 Å². The summed E-state index contributed by atoms with van der Waals surface area (Å²) < 4.78 is 0. The third-order valence-corrected chi connectivity index (χ3v) is 11.9. The van der Waals surface area contributed by atoms with Gasteiger partial charge in [-0.05, 0) is 72.5 Å². The Balaban J connectivity index is 1.28. The average Bonchev–Trinajstić information content (AvgIpc) is 3.04. The van der Waals surface area contributed by atoms with Gasteiger partial charge >= 0.3 is 0 Å². The molecule has 40 heavy (non-hydrogen) atoms. The summed E-state index contributed by atoms with van der Waals surface area (Å²) in [6.45, 7) is 0. The smallest absolute Gasteiger partial charge is 0.0889 e. The summed E-state index contributed by atoms with van der Waals surface area (Å²) in [5.41, 5.74) is 4.43. The van der Waals surface area contributed by atoms with Crippen molar-refractivity contribution in [2.24, 2.45) is 0 Å². The van der Waals surface area contributed by atoms with Gasteiger partial charge in [-0.2, -0.15) is 0 Å². The Morgan fingerprint density at radius 2 is 0.675 bits per heavy atom. The Labute approximate surface area is 239 Å². The molecule has 0 aliphatic carbocycles. The summed E-state index contributed by atoms with van der Waals surface area (Å²) in [6.07, 6.45) is 5.80. The Morgan fingerprint density at radius 1 is 0.375 bits per heavy atom. The molecule has 4 aromatic carbocycles. The first kappa shape index (κ1) is 26.3. The maximum Gasteiger partial charge on any atom is 0.0889 e. The van der Waals surface area contributed by atoms with E-state index in [9.17, 15) is 0 Å². The lowest BCUT2D eigenvalue weighted by Crippen LogP contribution is -2.13. The molecule has 0 saturated heterocycles. The van der Waals surface area contributed by atoms with Crippen LogP contribution in [0.2, 0.25) is 0 Å². The number of hydrogen-bond acceptors (Lipinski definition) is 2. The van der Waals surface area contributed by atoms with E-state index in [1.54, 1.807) is 0 Å². The minimum absolute atomic E-state index is 0.524. The summed E-state index contributed by atoms with van der Waals surface area (Å²) in [6, 6.07) is 52.3. The first-order valence-corrected chi connectivity index (χ1v) is 16.5. The van der Waals surface area contributed by atoms with E-state index in [1.807, 2.05) is 12.4 Å². The largest absolute Gasteiger partial charge is 0.255 e. The third-order valence-electron chi connectivity index (χ3n) is 6.86. The van der Waals surface area contributed by atoms with Crippen molar-refractivity contribution in [3.05, 3.63) is 169 Å². The van der Waals surface area contributed by atoms with Gasteiger partial charge in [0.15, 0.2) is 0 Å². The average molecular weight is 553 g/mol. The molecule has 6 rings (SSSR count). The maximum absolute atomic E-state index is 4.75. The molecule has 194 valence electrons. The van der Waals surface area contributed by atoms with Crippen molar-refractivity contribution in [1.29, 1.82) is 0 Å². The second-order valence-corrected chi connectivity index (χ2v) is 14.0. The molecule has 0 amide bonds. The highest BCUT2D eigenvalue weighted by atomic mass is 31.1. The molecule has 0 spiro atoms. The first-order valence-electron chi connectivity index (χ1n) is 13.5. The molecule has 0 atom stereocenters. The SMILES string of the molecule is c1ccc(P(Cc2ccnc(-c3cc(CP(c4ccccc4)c4ccccc4)ccn3)c2)c2ccccc2)cc1. The molecular weight excluding hydrogens is 522 g/mol. The Morgan fingerprint density at radius 3 is 0.975 bits per heavy atom. The summed E-state index contributed by atoms with van der Waals surface area (Å²) in [5.74, 6) is 0. The summed E-state index contributed by atoms with van der Waals surface area (Å²) in [5, 5.41) is 5.55. The molecular formula is C36H30N2P2. The molecule has 0 aliphatic heterocycles. The lowest BCUT2D eigenvalue weighted by molar-refractivity contribution is 1.20. The Hall–Kier alpha value is -3.96. The lowest BCUT2D eigenvalue weighted by atomic mass is 10.1. The van der Waals surface area contributed by atoms with E-state index in [-0.39, 0.29) is 0 Å². The van der Waals surface area contributed by atoms with E-state index in [0.29, 0.717) is 0 Å². The monoisotopic (exact) mass is 552 g/mol. The molecule has 0 N–H and O–H groups in total. The van der Waals surface area contributed by atoms with Crippen molar-refractivity contribution in [3.8, 4) is 11.4 Å². The molecule has 0 saturated carbocycles. The van der Waals surface area contributed by atoms with Crippen LogP contribution < -0.4 is 21.2 Å². The number of benzene rings is 4. The van der Waals surface area contributed by atoms with Crippen LogP contribution in [0.3, 0.4) is 0 Å². The van der Waals surface area contributed by atoms with Gasteiger partial charge in [-0.3, -0.25) is 9.97 Å². The number of hydrogen-bond donors (Lipinski definition) is 0. The highest BCUT2D eigenvalue weighted by molar-refractivity contribution is 7.72. The van der Waals surface area contributed by atoms with Gasteiger partial charge in [0.2, 0.25) is 0 Å². The predicted molar refractivity (Wildman–Crippen MR) is 173 cm³/mol. The minimum Gasteiger partial charge on any atom is -0.255 e. The molecule has 4 heteroatoms. The summed E-state index contributed by atoms with van der Waals surface area (Å²) in [4.78, 5) is 9.50. The first-order chi connectivity index (χ1) is 19.8. The topological polar surface area (TPSA) is 25.8 Å². The van der Waals surface area contributed by atoms with E-state index < -0.39 is 15.8 Å². The highest BCUT2D eigenvalue weighted by Gasteiger charge is 2.17. The fraction of sp³-hybridized carbons (Fsp3) is 0.0556. The summed E-state index contributed by atoms with van der Waals surface area (Å²) >= 11 is 0. The number of rotatable bonds is 9. The van der Waals surface area contributed by atoms with Crippen LogP contribution in [-0.2, 0) is 12.3 Å². The van der Waals surface area contributed by atoms with Gasteiger partial charge in [-0.25, -0.2) is 0 Å². The predicted octanol–water partition coefficient (Wildman–Crippen LogP) is 7.41. The van der Waals surface area contributed by atoms with Crippen LogP contribution in [0.4, 0.5) is 0 Å². The fourth-order valence-corrected chi connectivity index (χ4v) is 9.46. The van der Waals surface area contributed by atoms with E-state index in [0.717, 1.165) is 23.7 Å². The van der Waals surface area contributed by atoms with Crippen molar-refractivity contribution in [1.82, 2.24) is 9.97 Å². The van der Waals surface area contributed by atoms with Crippen LogP contribution in [0.5, 0.6) is 0 Å². The number of aromatic nitrogens is 2. The minimum atomic E-state index is -0.524. The van der Waals surface area contributed by atoms with Gasteiger partial charge in [0.05, 0.1) is 11.4 Å². The zero-order valence-corrected chi connectivity index (χ0v) is 24.0. The number of pyridine rings is 2. The summed E-state index contributed by atoms with van der Waals surface area (Å²) in [7, 11) is -1.05. The van der Waals surface area contributed by atoms with Crippen molar-refractivity contribution >= 4 is 37.1 Å². The van der Waals surface area contributed by atoms with Crippen LogP contribution in [0, 0.1) is 0 Å². The second-order valence-electron chi connectivity index (χ2n) is 9.61. The molecule has 6 aromatic rings. The molecule has 2 aromatic heterocycles. The van der Waals surface area contributed by atoms with E-state index in [1.165, 1.54) is 32.3 Å². The van der Waals surface area contributed by atoms with E-state index in [2.05, 4.69) is 146 Å². The quantitative estimate of drug-likeness (QED) is 0.175. The van der Waals surface area contributed by atoms with Crippen LogP contribution in [0.1, 0.15) is 11.1 Å². The molecule has 2 nitrogen and oxygen atoms in total. The third kappa shape index (κ3) is 6.43. The fourth-order valence-electron chi connectivity index (χ4n) is 4.89. The zero-order chi connectivity index (χ0) is 27.0. The Kier molecular flexibility index (Phi) is 8.49. The van der Waals surface area contributed by atoms with Gasteiger partial charge < -0.3 is 0 Å². The number of nitrogens with zero attached hydrogens (tertiary/aromatic N) is 2. The zero-order valence-electron chi connectivity index (χ0n) is 22.2. The van der Waals surface area contributed by atoms with Gasteiger partial charge in [-0.15, -0.1) is 0 Å².